The van der Waals surface area contributed by atoms with Gasteiger partial charge in [0.15, 0.2) is 5.16 Å². The third-order valence-electron chi connectivity index (χ3n) is 1.95. The number of aromatic amines is 1. The molecule has 0 aliphatic heterocycles. The lowest BCUT2D eigenvalue weighted by Gasteiger charge is -2.07. The second-order valence-electron chi connectivity index (χ2n) is 3.52. The van der Waals surface area contributed by atoms with Crippen LogP contribution in [0.25, 0.3) is 0 Å². The minimum atomic E-state index is -0.134. The highest BCUT2D eigenvalue weighted by molar-refractivity contribution is 7.99. The molecule has 0 aromatic carbocycles. The Morgan fingerprint density at radius 3 is 2.87 bits per heavy atom. The van der Waals surface area contributed by atoms with Crippen molar-refractivity contribution in [3.8, 4) is 0 Å². The Bertz CT molecular complexity index is 347. The zero-order valence-corrected chi connectivity index (χ0v) is 10.6. The highest BCUT2D eigenvalue weighted by Crippen LogP contribution is 2.18. The molecule has 1 N–H and O–H groups in total. The van der Waals surface area contributed by atoms with Gasteiger partial charge in [-0.2, -0.15) is 0 Å². The summed E-state index contributed by atoms with van der Waals surface area (Å²) in [7, 11) is 0. The number of hydrogen-bond acceptors (Lipinski definition) is 3. The van der Waals surface area contributed by atoms with E-state index in [-0.39, 0.29) is 11.7 Å². The molecule has 86 valence electrons. The van der Waals surface area contributed by atoms with Crippen LogP contribution in [0, 0.1) is 0 Å². The monoisotopic (exact) mass is 249 g/mol. The molecule has 1 aromatic heterocycles. The van der Waals surface area contributed by atoms with E-state index in [2.05, 4.69) is 10.2 Å². The van der Waals surface area contributed by atoms with Crippen LogP contribution >= 0.6 is 23.4 Å². The maximum Gasteiger partial charge on any atom is 0.344 e. The number of unbranched alkanes of at least 4 members (excludes halogenated alkanes) is 1. The van der Waals surface area contributed by atoms with E-state index in [0.29, 0.717) is 5.88 Å². The van der Waals surface area contributed by atoms with Crippen LogP contribution in [-0.2, 0) is 0 Å². The molecule has 0 fully saturated rings. The minimum Gasteiger partial charge on any atom is -0.268 e. The Kier molecular flexibility index (Phi) is 5.25. The Labute approximate surface area is 98.4 Å². The first kappa shape index (κ1) is 12.6. The summed E-state index contributed by atoms with van der Waals surface area (Å²) in [6.45, 7) is 3.94. The Balaban J connectivity index is 2.57. The van der Waals surface area contributed by atoms with Crippen LogP contribution in [0.5, 0.6) is 0 Å². The largest absolute Gasteiger partial charge is 0.344 e. The van der Waals surface area contributed by atoms with Crippen LogP contribution in [0.1, 0.15) is 32.7 Å². The molecule has 1 aromatic rings. The van der Waals surface area contributed by atoms with E-state index in [1.807, 2.05) is 13.8 Å². The molecule has 0 radical (unpaired) electrons. The van der Waals surface area contributed by atoms with E-state index in [0.717, 1.165) is 23.8 Å². The van der Waals surface area contributed by atoms with Gasteiger partial charge in [0.25, 0.3) is 0 Å². The van der Waals surface area contributed by atoms with Crippen molar-refractivity contribution >= 4 is 23.4 Å². The SMILES string of the molecule is CC(C)n1c(SCCCCCl)n[nH]c1=O. The standard InChI is InChI=1S/C9H16ClN3OS/c1-7(2)13-8(14)11-12-9(13)15-6-4-3-5-10/h7H,3-6H2,1-2H3,(H,11,14). The molecular weight excluding hydrogens is 234 g/mol. The maximum atomic E-state index is 11.4. The quantitative estimate of drug-likeness (QED) is 0.478. The highest BCUT2D eigenvalue weighted by atomic mass is 35.5. The predicted octanol–water partition coefficient (Wildman–Crippen LogP) is 2.26. The molecular formula is C9H16ClN3OS. The number of nitrogens with one attached hydrogen (secondary N) is 1. The second kappa shape index (κ2) is 6.23. The summed E-state index contributed by atoms with van der Waals surface area (Å²) in [5, 5.41) is 7.23. The average molecular weight is 250 g/mol. The van der Waals surface area contributed by atoms with E-state index in [1.54, 1.807) is 16.3 Å². The van der Waals surface area contributed by atoms with E-state index in [1.165, 1.54) is 0 Å². The number of nitrogens with zero attached hydrogens (tertiary/aromatic N) is 2. The average Bonchev–Trinajstić information content (AvgIpc) is 2.54. The fourth-order valence-electron chi connectivity index (χ4n) is 1.21. The normalized spacial score (nSPS) is 11.2. The Morgan fingerprint density at radius 1 is 1.53 bits per heavy atom. The first-order valence-corrected chi connectivity index (χ1v) is 6.54. The van der Waals surface area contributed by atoms with Crippen molar-refractivity contribution in [3.63, 3.8) is 0 Å². The molecule has 0 atom stereocenters. The molecule has 0 spiro atoms. The maximum absolute atomic E-state index is 11.4. The number of aromatic nitrogens is 3. The molecule has 15 heavy (non-hydrogen) atoms. The second-order valence-corrected chi connectivity index (χ2v) is 4.96. The number of H-pyrrole nitrogens is 1. The van der Waals surface area contributed by atoms with Crippen LogP contribution in [0.2, 0.25) is 0 Å². The molecule has 6 heteroatoms. The Morgan fingerprint density at radius 2 is 2.27 bits per heavy atom. The number of halogens is 1. The van der Waals surface area contributed by atoms with Crippen molar-refractivity contribution in [2.75, 3.05) is 11.6 Å². The van der Waals surface area contributed by atoms with Gasteiger partial charge in [0.05, 0.1) is 0 Å². The number of alkyl halides is 1. The van der Waals surface area contributed by atoms with Crippen molar-refractivity contribution in [1.82, 2.24) is 14.8 Å². The number of hydrogen-bond donors (Lipinski definition) is 1. The Hall–Kier alpha value is -0.420. The van der Waals surface area contributed by atoms with Crippen molar-refractivity contribution < 1.29 is 0 Å². The van der Waals surface area contributed by atoms with Crippen molar-refractivity contribution in [2.24, 2.45) is 0 Å². The van der Waals surface area contributed by atoms with Crippen LogP contribution < -0.4 is 5.69 Å². The summed E-state index contributed by atoms with van der Waals surface area (Å²) in [6.07, 6.45) is 2.05. The highest BCUT2D eigenvalue weighted by Gasteiger charge is 2.10. The van der Waals surface area contributed by atoms with E-state index < -0.39 is 0 Å². The van der Waals surface area contributed by atoms with Gasteiger partial charge in [0, 0.05) is 17.7 Å². The van der Waals surface area contributed by atoms with Crippen LogP contribution in [0.15, 0.2) is 9.95 Å². The molecule has 0 saturated heterocycles. The molecule has 1 rings (SSSR count). The minimum absolute atomic E-state index is 0.134. The smallest absolute Gasteiger partial charge is 0.268 e. The van der Waals surface area contributed by atoms with E-state index in [9.17, 15) is 4.79 Å². The molecule has 0 bridgehead atoms. The summed E-state index contributed by atoms with van der Waals surface area (Å²) in [5.41, 5.74) is -0.134. The van der Waals surface area contributed by atoms with Gasteiger partial charge in [-0.25, -0.2) is 9.89 Å². The van der Waals surface area contributed by atoms with Crippen LogP contribution in [-0.4, -0.2) is 26.4 Å². The first-order chi connectivity index (χ1) is 7.16. The summed E-state index contributed by atoms with van der Waals surface area (Å²) in [6, 6.07) is 0.145. The number of thioether (sulfide) groups is 1. The van der Waals surface area contributed by atoms with Crippen molar-refractivity contribution in [1.29, 1.82) is 0 Å². The molecule has 0 unspecified atom stereocenters. The third kappa shape index (κ3) is 3.57. The van der Waals surface area contributed by atoms with Gasteiger partial charge in [-0.1, -0.05) is 11.8 Å². The van der Waals surface area contributed by atoms with Gasteiger partial charge in [0.2, 0.25) is 0 Å². The first-order valence-electron chi connectivity index (χ1n) is 5.02. The topological polar surface area (TPSA) is 50.7 Å². The van der Waals surface area contributed by atoms with Crippen LogP contribution in [0.4, 0.5) is 0 Å². The van der Waals surface area contributed by atoms with Crippen LogP contribution in [0.3, 0.4) is 0 Å². The molecule has 0 saturated carbocycles. The fourth-order valence-corrected chi connectivity index (χ4v) is 2.47. The molecule has 0 aliphatic carbocycles. The molecule has 0 aliphatic rings. The van der Waals surface area contributed by atoms with E-state index >= 15 is 0 Å². The van der Waals surface area contributed by atoms with Gasteiger partial charge in [0.1, 0.15) is 0 Å². The summed E-state index contributed by atoms with van der Waals surface area (Å²) in [4.78, 5) is 11.4. The fraction of sp³-hybridized carbons (Fsp3) is 0.778. The summed E-state index contributed by atoms with van der Waals surface area (Å²) >= 11 is 7.18. The third-order valence-corrected chi connectivity index (χ3v) is 3.25. The molecule has 4 nitrogen and oxygen atoms in total. The lowest BCUT2D eigenvalue weighted by atomic mass is 10.4. The van der Waals surface area contributed by atoms with Gasteiger partial charge in [-0.3, -0.25) is 4.57 Å². The molecule has 1 heterocycles. The number of rotatable bonds is 6. The lowest BCUT2D eigenvalue weighted by Crippen LogP contribution is -2.19. The zero-order valence-electron chi connectivity index (χ0n) is 8.99. The lowest BCUT2D eigenvalue weighted by molar-refractivity contribution is 0.534. The zero-order chi connectivity index (χ0) is 11.3. The van der Waals surface area contributed by atoms with Gasteiger partial charge in [-0.05, 0) is 26.7 Å². The van der Waals surface area contributed by atoms with E-state index in [4.69, 9.17) is 11.6 Å². The van der Waals surface area contributed by atoms with Crippen molar-refractivity contribution in [2.45, 2.75) is 37.9 Å². The summed E-state index contributed by atoms with van der Waals surface area (Å²) in [5.74, 6) is 1.64. The van der Waals surface area contributed by atoms with Gasteiger partial charge in [-0.15, -0.1) is 16.7 Å². The van der Waals surface area contributed by atoms with Gasteiger partial charge < -0.3 is 0 Å². The van der Waals surface area contributed by atoms with Gasteiger partial charge >= 0.3 is 5.69 Å². The molecule has 0 amide bonds. The summed E-state index contributed by atoms with van der Waals surface area (Å²) < 4.78 is 1.67. The van der Waals surface area contributed by atoms with Crippen molar-refractivity contribution in [3.05, 3.63) is 10.5 Å². The predicted molar refractivity (Wildman–Crippen MR) is 63.9 cm³/mol.